The summed E-state index contributed by atoms with van der Waals surface area (Å²) in [5, 5.41) is 2.94. The molecule has 0 saturated heterocycles. The van der Waals surface area contributed by atoms with Crippen LogP contribution < -0.4 is 20.5 Å². The van der Waals surface area contributed by atoms with Gasteiger partial charge in [0, 0.05) is 6.54 Å². The first-order valence-electron chi connectivity index (χ1n) is 7.53. The van der Waals surface area contributed by atoms with Crippen molar-refractivity contribution < 1.29 is 14.3 Å². The van der Waals surface area contributed by atoms with Crippen molar-refractivity contribution >= 4 is 5.91 Å². The Bertz CT molecular complexity index is 538. The van der Waals surface area contributed by atoms with Gasteiger partial charge < -0.3 is 20.5 Å². The topological polar surface area (TPSA) is 73.6 Å². The molecule has 2 aliphatic rings. The van der Waals surface area contributed by atoms with Crippen LogP contribution in [-0.2, 0) is 11.2 Å². The van der Waals surface area contributed by atoms with Gasteiger partial charge in [-0.3, -0.25) is 4.79 Å². The predicted octanol–water partition coefficient (Wildman–Crippen LogP) is 1.24. The van der Waals surface area contributed by atoms with Gasteiger partial charge in [-0.1, -0.05) is 6.07 Å². The fourth-order valence-electron chi connectivity index (χ4n) is 2.62. The molecule has 3 N–H and O–H groups in total. The van der Waals surface area contributed by atoms with E-state index in [-0.39, 0.29) is 5.91 Å². The van der Waals surface area contributed by atoms with Gasteiger partial charge in [0.1, 0.15) is 13.2 Å². The van der Waals surface area contributed by atoms with Crippen molar-refractivity contribution in [2.24, 2.45) is 11.7 Å². The first kappa shape index (κ1) is 14.2. The number of nitrogens with one attached hydrogen (secondary N) is 1. The van der Waals surface area contributed by atoms with Gasteiger partial charge in [-0.15, -0.1) is 0 Å². The van der Waals surface area contributed by atoms with Crippen LogP contribution in [0.3, 0.4) is 0 Å². The second-order valence-electron chi connectivity index (χ2n) is 6.04. The number of benzene rings is 1. The third-order valence-electron chi connectivity index (χ3n) is 4.22. The van der Waals surface area contributed by atoms with E-state index in [9.17, 15) is 4.79 Å². The highest BCUT2D eigenvalue weighted by atomic mass is 16.6. The number of ether oxygens (including phenoxy) is 2. The van der Waals surface area contributed by atoms with Gasteiger partial charge in [0.15, 0.2) is 11.5 Å². The van der Waals surface area contributed by atoms with Crippen molar-refractivity contribution in [3.63, 3.8) is 0 Å². The molecule has 1 unspecified atom stereocenters. The quantitative estimate of drug-likeness (QED) is 0.856. The Morgan fingerprint density at radius 2 is 2.05 bits per heavy atom. The molecular weight excluding hydrogens is 268 g/mol. The zero-order valence-electron chi connectivity index (χ0n) is 12.4. The molecule has 0 bridgehead atoms. The molecule has 21 heavy (non-hydrogen) atoms. The Morgan fingerprint density at radius 1 is 1.33 bits per heavy atom. The molecule has 0 radical (unpaired) electrons. The number of nitrogens with two attached hydrogens (primary N) is 1. The van der Waals surface area contributed by atoms with E-state index in [0.717, 1.165) is 36.3 Å². The van der Waals surface area contributed by atoms with E-state index >= 15 is 0 Å². The molecule has 1 saturated carbocycles. The minimum atomic E-state index is -0.729. The van der Waals surface area contributed by atoms with E-state index in [1.54, 1.807) is 0 Å². The maximum atomic E-state index is 12.1. The summed E-state index contributed by atoms with van der Waals surface area (Å²) in [6.45, 7) is 3.58. The lowest BCUT2D eigenvalue weighted by Crippen LogP contribution is -2.53. The van der Waals surface area contributed by atoms with Crippen LogP contribution in [0.4, 0.5) is 0 Å². The van der Waals surface area contributed by atoms with E-state index in [1.807, 2.05) is 25.1 Å². The second-order valence-corrected chi connectivity index (χ2v) is 6.04. The third kappa shape index (κ3) is 3.13. The predicted molar refractivity (Wildman–Crippen MR) is 79.5 cm³/mol. The molecule has 3 rings (SSSR count). The van der Waals surface area contributed by atoms with Crippen LogP contribution in [0.2, 0.25) is 0 Å². The second kappa shape index (κ2) is 5.56. The van der Waals surface area contributed by atoms with Gasteiger partial charge in [0.2, 0.25) is 5.91 Å². The number of rotatable bonds is 5. The minimum absolute atomic E-state index is 0.0532. The summed E-state index contributed by atoms with van der Waals surface area (Å²) in [4.78, 5) is 12.1. The molecule has 1 aromatic carbocycles. The van der Waals surface area contributed by atoms with Crippen LogP contribution in [0, 0.1) is 5.92 Å². The number of hydrogen-bond donors (Lipinski definition) is 2. The van der Waals surface area contributed by atoms with Crippen LogP contribution in [-0.4, -0.2) is 31.2 Å². The number of carbonyl (C=O) groups excluding carboxylic acids is 1. The fourth-order valence-corrected chi connectivity index (χ4v) is 2.62. The summed E-state index contributed by atoms with van der Waals surface area (Å²) in [6, 6.07) is 5.90. The molecule has 1 atom stereocenters. The molecule has 1 aliphatic heterocycles. The molecule has 1 heterocycles. The summed E-state index contributed by atoms with van der Waals surface area (Å²) >= 11 is 0. The number of carbonyl (C=O) groups is 1. The van der Waals surface area contributed by atoms with Crippen molar-refractivity contribution in [3.05, 3.63) is 23.8 Å². The number of fused-ring (bicyclic) bond motifs is 1. The van der Waals surface area contributed by atoms with Crippen molar-refractivity contribution in [2.45, 2.75) is 31.7 Å². The normalized spacial score (nSPS) is 19.7. The van der Waals surface area contributed by atoms with Crippen molar-refractivity contribution in [1.29, 1.82) is 0 Å². The van der Waals surface area contributed by atoms with Gasteiger partial charge in [0.25, 0.3) is 0 Å². The Morgan fingerprint density at radius 3 is 2.76 bits per heavy atom. The van der Waals surface area contributed by atoms with E-state index in [0.29, 0.717) is 25.7 Å². The fraction of sp³-hybridized carbons (Fsp3) is 0.562. The van der Waals surface area contributed by atoms with Gasteiger partial charge in [-0.25, -0.2) is 0 Å². The molecule has 114 valence electrons. The lowest BCUT2D eigenvalue weighted by atomic mass is 9.96. The minimum Gasteiger partial charge on any atom is -0.486 e. The van der Waals surface area contributed by atoms with E-state index in [1.165, 1.54) is 0 Å². The summed E-state index contributed by atoms with van der Waals surface area (Å²) in [5.74, 6) is 1.86. The Hall–Kier alpha value is -1.75. The maximum Gasteiger partial charge on any atom is 0.240 e. The van der Waals surface area contributed by atoms with Gasteiger partial charge in [-0.2, -0.15) is 0 Å². The highest BCUT2D eigenvalue weighted by Crippen LogP contribution is 2.38. The van der Waals surface area contributed by atoms with Gasteiger partial charge in [0.05, 0.1) is 5.54 Å². The highest BCUT2D eigenvalue weighted by Gasteiger charge is 2.43. The lowest BCUT2D eigenvalue weighted by molar-refractivity contribution is -0.126. The van der Waals surface area contributed by atoms with Crippen molar-refractivity contribution in [3.8, 4) is 11.5 Å². The number of hydrogen-bond acceptors (Lipinski definition) is 4. The average Bonchev–Trinajstić information content (AvgIpc) is 3.32. The third-order valence-corrected chi connectivity index (χ3v) is 4.22. The molecule has 5 heteroatoms. The van der Waals surface area contributed by atoms with E-state index in [2.05, 4.69) is 5.32 Å². The van der Waals surface area contributed by atoms with Crippen LogP contribution in [0.25, 0.3) is 0 Å². The SMILES string of the molecule is CC(N)(C(=O)NCCc1ccc2c(c1)OCCO2)C1CC1. The standard InChI is InChI=1S/C16H22N2O3/c1-16(17,12-3-4-12)15(19)18-7-6-11-2-5-13-14(10-11)21-9-8-20-13/h2,5,10,12H,3-4,6-9,17H2,1H3,(H,18,19). The van der Waals surface area contributed by atoms with Gasteiger partial charge in [-0.05, 0) is 49.8 Å². The molecule has 1 fully saturated rings. The Kier molecular flexibility index (Phi) is 3.76. The smallest absolute Gasteiger partial charge is 0.240 e. The van der Waals surface area contributed by atoms with E-state index < -0.39 is 5.54 Å². The largest absolute Gasteiger partial charge is 0.486 e. The average molecular weight is 290 g/mol. The summed E-state index contributed by atoms with van der Waals surface area (Å²) in [6.07, 6.45) is 2.87. The molecular formula is C16H22N2O3. The van der Waals surface area contributed by atoms with Crippen LogP contribution in [0.1, 0.15) is 25.3 Å². The van der Waals surface area contributed by atoms with Crippen LogP contribution in [0.5, 0.6) is 11.5 Å². The lowest BCUT2D eigenvalue weighted by Gasteiger charge is -2.23. The zero-order valence-corrected chi connectivity index (χ0v) is 12.4. The van der Waals surface area contributed by atoms with Crippen LogP contribution in [0.15, 0.2) is 18.2 Å². The summed E-state index contributed by atoms with van der Waals surface area (Å²) in [5.41, 5.74) is 6.47. The van der Waals surface area contributed by atoms with Crippen molar-refractivity contribution in [2.75, 3.05) is 19.8 Å². The van der Waals surface area contributed by atoms with Crippen LogP contribution >= 0.6 is 0 Å². The monoisotopic (exact) mass is 290 g/mol. The molecule has 1 amide bonds. The first-order valence-corrected chi connectivity index (χ1v) is 7.53. The summed E-state index contributed by atoms with van der Waals surface area (Å²) in [7, 11) is 0. The maximum absolute atomic E-state index is 12.1. The zero-order chi connectivity index (χ0) is 14.9. The van der Waals surface area contributed by atoms with E-state index in [4.69, 9.17) is 15.2 Å². The molecule has 0 spiro atoms. The Labute approximate surface area is 124 Å². The molecule has 1 aliphatic carbocycles. The summed E-state index contributed by atoms with van der Waals surface area (Å²) < 4.78 is 11.0. The highest BCUT2D eigenvalue weighted by molar-refractivity contribution is 5.86. The Balaban J connectivity index is 1.52. The van der Waals surface area contributed by atoms with Crippen molar-refractivity contribution in [1.82, 2.24) is 5.32 Å². The number of amides is 1. The first-order chi connectivity index (χ1) is 10.1. The van der Waals surface area contributed by atoms with Gasteiger partial charge >= 0.3 is 0 Å². The molecule has 1 aromatic rings. The molecule has 5 nitrogen and oxygen atoms in total. The molecule has 0 aromatic heterocycles.